The normalized spacial score (nSPS) is 10.9. The molecule has 0 fully saturated rings. The Balaban J connectivity index is 1.71. The third-order valence-electron chi connectivity index (χ3n) is 3.53. The summed E-state index contributed by atoms with van der Waals surface area (Å²) in [7, 11) is 0. The van der Waals surface area contributed by atoms with Crippen LogP contribution < -0.4 is 5.32 Å². The number of nitrogens with one attached hydrogen (secondary N) is 1. The van der Waals surface area contributed by atoms with E-state index in [1.807, 2.05) is 33.9 Å². The van der Waals surface area contributed by atoms with E-state index in [1.54, 1.807) is 18.2 Å². The molecule has 3 aromatic rings. The number of benzene rings is 1. The van der Waals surface area contributed by atoms with Gasteiger partial charge < -0.3 is 5.32 Å². The Morgan fingerprint density at radius 2 is 1.96 bits per heavy atom. The highest BCUT2D eigenvalue weighted by Crippen LogP contribution is 2.29. The number of thioether (sulfide) groups is 1. The van der Waals surface area contributed by atoms with Crippen molar-refractivity contribution in [1.29, 1.82) is 0 Å². The number of anilines is 1. The fourth-order valence-electron chi connectivity index (χ4n) is 2.37. The van der Waals surface area contributed by atoms with Gasteiger partial charge >= 0.3 is 0 Å². The Hall–Kier alpha value is -1.96. The molecule has 0 radical (unpaired) electrons. The van der Waals surface area contributed by atoms with Gasteiger partial charge in [0.05, 0.1) is 21.5 Å². The summed E-state index contributed by atoms with van der Waals surface area (Å²) in [5.74, 6) is 0.830. The maximum atomic E-state index is 12.3. The molecule has 3 rings (SSSR count). The number of halogens is 2. The number of amides is 1. The van der Waals surface area contributed by atoms with Crippen molar-refractivity contribution < 1.29 is 4.79 Å². The third-order valence-corrected chi connectivity index (χ3v) is 5.27. The SMILES string of the molecule is CCCc1nnc(SCC(=O)Nc2cccc(Cl)c2Cl)n1-n1cccc1. The van der Waals surface area contributed by atoms with Gasteiger partial charge in [0.1, 0.15) is 0 Å². The lowest BCUT2D eigenvalue weighted by molar-refractivity contribution is -0.113. The third kappa shape index (κ3) is 4.23. The number of rotatable bonds is 7. The lowest BCUT2D eigenvalue weighted by Crippen LogP contribution is -2.16. The molecule has 0 aliphatic carbocycles. The molecule has 0 unspecified atom stereocenters. The van der Waals surface area contributed by atoms with E-state index in [0.29, 0.717) is 20.9 Å². The molecule has 0 saturated heterocycles. The maximum Gasteiger partial charge on any atom is 0.234 e. The zero-order valence-corrected chi connectivity index (χ0v) is 16.4. The van der Waals surface area contributed by atoms with Crippen LogP contribution in [0.2, 0.25) is 10.0 Å². The Kier molecular flexibility index (Phi) is 6.24. The molecule has 0 saturated carbocycles. The molecular weight excluding hydrogens is 393 g/mol. The van der Waals surface area contributed by atoms with E-state index in [-0.39, 0.29) is 11.7 Å². The molecule has 1 aromatic carbocycles. The average Bonchev–Trinajstić information content (AvgIpc) is 3.27. The van der Waals surface area contributed by atoms with Gasteiger partial charge in [-0.1, -0.05) is 48.0 Å². The average molecular weight is 410 g/mol. The molecule has 2 heterocycles. The molecule has 26 heavy (non-hydrogen) atoms. The quantitative estimate of drug-likeness (QED) is 0.587. The van der Waals surface area contributed by atoms with Gasteiger partial charge in [0.2, 0.25) is 11.1 Å². The van der Waals surface area contributed by atoms with Gasteiger partial charge in [-0.05, 0) is 30.7 Å². The number of aryl methyl sites for hydroxylation is 1. The largest absolute Gasteiger partial charge is 0.324 e. The topological polar surface area (TPSA) is 64.7 Å². The number of nitrogens with zero attached hydrogens (tertiary/aromatic N) is 4. The molecule has 2 aromatic heterocycles. The van der Waals surface area contributed by atoms with Gasteiger partial charge in [0.25, 0.3) is 0 Å². The van der Waals surface area contributed by atoms with Crippen LogP contribution in [0.4, 0.5) is 5.69 Å². The van der Waals surface area contributed by atoms with Gasteiger partial charge in [0, 0.05) is 18.8 Å². The van der Waals surface area contributed by atoms with E-state index in [9.17, 15) is 4.79 Å². The van der Waals surface area contributed by atoms with Crippen molar-refractivity contribution in [3.63, 3.8) is 0 Å². The zero-order chi connectivity index (χ0) is 18.5. The smallest absolute Gasteiger partial charge is 0.234 e. The first-order valence-corrected chi connectivity index (χ1v) is 9.79. The Labute approximate surface area is 165 Å². The first-order valence-electron chi connectivity index (χ1n) is 8.04. The Morgan fingerprint density at radius 1 is 1.19 bits per heavy atom. The molecule has 1 amide bonds. The van der Waals surface area contributed by atoms with Crippen LogP contribution in [-0.4, -0.2) is 31.2 Å². The first-order chi connectivity index (χ1) is 12.6. The lowest BCUT2D eigenvalue weighted by Gasteiger charge is -2.11. The molecule has 0 atom stereocenters. The van der Waals surface area contributed by atoms with Gasteiger partial charge in [-0.15, -0.1) is 10.2 Å². The first kappa shape index (κ1) is 18.8. The summed E-state index contributed by atoms with van der Waals surface area (Å²) in [6.07, 6.45) is 5.59. The summed E-state index contributed by atoms with van der Waals surface area (Å²) in [6.45, 7) is 2.09. The van der Waals surface area contributed by atoms with Crippen molar-refractivity contribution in [2.45, 2.75) is 24.9 Å². The summed E-state index contributed by atoms with van der Waals surface area (Å²) in [4.78, 5) is 12.3. The highest BCUT2D eigenvalue weighted by atomic mass is 35.5. The van der Waals surface area contributed by atoms with E-state index in [0.717, 1.165) is 18.7 Å². The van der Waals surface area contributed by atoms with Crippen LogP contribution in [0.5, 0.6) is 0 Å². The van der Waals surface area contributed by atoms with E-state index < -0.39 is 0 Å². The highest BCUT2D eigenvalue weighted by molar-refractivity contribution is 7.99. The Bertz CT molecular complexity index is 895. The highest BCUT2D eigenvalue weighted by Gasteiger charge is 2.15. The van der Waals surface area contributed by atoms with Crippen molar-refractivity contribution >= 4 is 46.6 Å². The number of hydrogen-bond donors (Lipinski definition) is 1. The van der Waals surface area contributed by atoms with Crippen LogP contribution >= 0.6 is 35.0 Å². The summed E-state index contributed by atoms with van der Waals surface area (Å²) in [5.41, 5.74) is 0.489. The molecular formula is C17H17Cl2N5OS. The zero-order valence-electron chi connectivity index (χ0n) is 14.0. The number of hydrogen-bond acceptors (Lipinski definition) is 4. The lowest BCUT2D eigenvalue weighted by atomic mass is 10.3. The molecule has 1 N–H and O–H groups in total. The van der Waals surface area contributed by atoms with E-state index in [1.165, 1.54) is 11.8 Å². The molecule has 0 aliphatic rings. The van der Waals surface area contributed by atoms with Crippen LogP contribution in [0.15, 0.2) is 47.9 Å². The predicted octanol–water partition coefficient (Wildman–Crippen LogP) is 4.38. The summed E-state index contributed by atoms with van der Waals surface area (Å²) in [6, 6.07) is 8.97. The molecule has 9 heteroatoms. The Morgan fingerprint density at radius 3 is 2.69 bits per heavy atom. The van der Waals surface area contributed by atoms with E-state index in [2.05, 4.69) is 22.4 Å². The minimum absolute atomic E-state index is 0.175. The van der Waals surface area contributed by atoms with Gasteiger partial charge in [-0.2, -0.15) is 0 Å². The number of carbonyl (C=O) groups is 1. The fourth-order valence-corrected chi connectivity index (χ4v) is 3.47. The van der Waals surface area contributed by atoms with Crippen molar-refractivity contribution in [2.24, 2.45) is 0 Å². The second-order valence-corrected chi connectivity index (χ2v) is 7.19. The van der Waals surface area contributed by atoms with Crippen LogP contribution in [-0.2, 0) is 11.2 Å². The molecule has 6 nitrogen and oxygen atoms in total. The summed E-state index contributed by atoms with van der Waals surface area (Å²) >= 11 is 13.4. The van der Waals surface area contributed by atoms with Gasteiger partial charge in [0.15, 0.2) is 5.82 Å². The van der Waals surface area contributed by atoms with Crippen LogP contribution in [0.3, 0.4) is 0 Å². The van der Waals surface area contributed by atoms with Crippen molar-refractivity contribution in [1.82, 2.24) is 19.5 Å². The van der Waals surface area contributed by atoms with Gasteiger partial charge in [-0.25, -0.2) is 4.68 Å². The standard InChI is InChI=1S/C17H17Cl2N5OS/c1-2-6-14-21-22-17(24(14)23-9-3-4-10-23)26-11-15(25)20-13-8-5-7-12(18)16(13)19/h3-5,7-10H,2,6,11H2,1H3,(H,20,25). The molecule has 0 bridgehead atoms. The van der Waals surface area contributed by atoms with Crippen LogP contribution in [0.25, 0.3) is 0 Å². The van der Waals surface area contributed by atoms with E-state index >= 15 is 0 Å². The number of carbonyl (C=O) groups excluding carboxylic acids is 1. The van der Waals surface area contributed by atoms with E-state index in [4.69, 9.17) is 23.2 Å². The van der Waals surface area contributed by atoms with Crippen molar-refractivity contribution in [3.8, 4) is 0 Å². The maximum absolute atomic E-state index is 12.3. The van der Waals surface area contributed by atoms with Crippen LogP contribution in [0.1, 0.15) is 19.2 Å². The van der Waals surface area contributed by atoms with Crippen molar-refractivity contribution in [2.75, 3.05) is 11.1 Å². The second kappa shape index (κ2) is 8.62. The fraction of sp³-hybridized carbons (Fsp3) is 0.235. The molecule has 0 spiro atoms. The minimum Gasteiger partial charge on any atom is -0.324 e. The summed E-state index contributed by atoms with van der Waals surface area (Å²) in [5, 5.41) is 12.6. The molecule has 0 aliphatic heterocycles. The van der Waals surface area contributed by atoms with Gasteiger partial charge in [-0.3, -0.25) is 9.47 Å². The minimum atomic E-state index is -0.196. The van der Waals surface area contributed by atoms with Crippen molar-refractivity contribution in [3.05, 3.63) is 58.6 Å². The second-order valence-electron chi connectivity index (χ2n) is 5.46. The number of aromatic nitrogens is 4. The molecule has 136 valence electrons. The predicted molar refractivity (Wildman–Crippen MR) is 105 cm³/mol. The monoisotopic (exact) mass is 409 g/mol. The van der Waals surface area contributed by atoms with Crippen LogP contribution in [0, 0.1) is 0 Å². The summed E-state index contributed by atoms with van der Waals surface area (Å²) < 4.78 is 3.81.